The number of carbonyl (C=O) groups excluding carboxylic acids is 3. The zero-order valence-electron chi connectivity index (χ0n) is 15.4. The quantitative estimate of drug-likeness (QED) is 0.772. The number of carbonyl (C=O) groups is 3. The number of hydrogen-bond donors (Lipinski definition) is 1. The molecule has 1 heterocycles. The van der Waals surface area contributed by atoms with E-state index in [0.29, 0.717) is 19.4 Å². The first kappa shape index (κ1) is 19.0. The molecule has 1 aliphatic rings. The third kappa shape index (κ3) is 3.83. The fourth-order valence-corrected chi connectivity index (χ4v) is 3.11. The summed E-state index contributed by atoms with van der Waals surface area (Å²) in [7, 11) is 0. The lowest BCUT2D eigenvalue weighted by atomic mass is 9.93. The fourth-order valence-electron chi connectivity index (χ4n) is 3.11. The Morgan fingerprint density at radius 2 is 1.76 bits per heavy atom. The van der Waals surface area contributed by atoms with E-state index in [9.17, 15) is 14.4 Å². The normalized spacial score (nSPS) is 16.3. The van der Waals surface area contributed by atoms with E-state index in [4.69, 9.17) is 0 Å². The molecule has 6 nitrogen and oxygen atoms in total. The van der Waals surface area contributed by atoms with E-state index in [0.717, 1.165) is 10.5 Å². The number of rotatable bonds is 7. The Kier molecular flexibility index (Phi) is 5.82. The predicted octanol–water partition coefficient (Wildman–Crippen LogP) is 2.53. The van der Waals surface area contributed by atoms with E-state index >= 15 is 0 Å². The minimum atomic E-state index is -0.876. The van der Waals surface area contributed by atoms with Gasteiger partial charge in [0.1, 0.15) is 12.1 Å². The van der Waals surface area contributed by atoms with Crippen molar-refractivity contribution in [2.75, 3.05) is 6.54 Å². The van der Waals surface area contributed by atoms with Crippen molar-refractivity contribution in [2.45, 2.75) is 58.7 Å². The SMILES string of the molecule is CCC1(CC)NC(=O)N(CC(=O)N(Cc2ccccc2)C(C)C)C1=O. The van der Waals surface area contributed by atoms with Crippen molar-refractivity contribution in [3.05, 3.63) is 35.9 Å². The maximum Gasteiger partial charge on any atom is 0.325 e. The monoisotopic (exact) mass is 345 g/mol. The summed E-state index contributed by atoms with van der Waals surface area (Å²) in [5, 5.41) is 2.76. The average Bonchev–Trinajstić information content (AvgIpc) is 2.84. The van der Waals surface area contributed by atoms with Crippen LogP contribution in [0.4, 0.5) is 4.79 Å². The molecule has 136 valence electrons. The maximum absolute atomic E-state index is 12.8. The second-order valence-corrected chi connectivity index (χ2v) is 6.71. The van der Waals surface area contributed by atoms with Gasteiger partial charge < -0.3 is 10.2 Å². The highest BCUT2D eigenvalue weighted by Crippen LogP contribution is 2.25. The van der Waals surface area contributed by atoms with Crippen LogP contribution in [0.15, 0.2) is 30.3 Å². The molecular formula is C19H27N3O3. The summed E-state index contributed by atoms with van der Waals surface area (Å²) in [6.07, 6.45) is 1.02. The lowest BCUT2D eigenvalue weighted by Gasteiger charge is -2.29. The van der Waals surface area contributed by atoms with Crippen LogP contribution < -0.4 is 5.32 Å². The molecule has 2 rings (SSSR count). The van der Waals surface area contributed by atoms with Gasteiger partial charge in [-0.2, -0.15) is 0 Å². The minimum absolute atomic E-state index is 0.0319. The molecule has 1 aliphatic heterocycles. The van der Waals surface area contributed by atoms with Crippen LogP contribution in [-0.2, 0) is 16.1 Å². The van der Waals surface area contributed by atoms with Crippen LogP contribution in [0.1, 0.15) is 46.1 Å². The molecule has 1 aromatic carbocycles. The molecule has 0 saturated carbocycles. The summed E-state index contributed by atoms with van der Waals surface area (Å²) >= 11 is 0. The van der Waals surface area contributed by atoms with Crippen LogP contribution in [0.5, 0.6) is 0 Å². The van der Waals surface area contributed by atoms with E-state index in [2.05, 4.69) is 5.32 Å². The number of amides is 4. The number of nitrogens with zero attached hydrogens (tertiary/aromatic N) is 2. The highest BCUT2D eigenvalue weighted by Gasteiger charge is 2.49. The first-order valence-electron chi connectivity index (χ1n) is 8.82. The predicted molar refractivity (Wildman–Crippen MR) is 95.7 cm³/mol. The summed E-state index contributed by atoms with van der Waals surface area (Å²) in [6.45, 7) is 7.81. The molecule has 0 aliphatic carbocycles. The Morgan fingerprint density at radius 3 is 2.24 bits per heavy atom. The van der Waals surface area contributed by atoms with Crippen molar-refractivity contribution in [1.82, 2.24) is 15.1 Å². The number of imide groups is 1. The zero-order valence-corrected chi connectivity index (χ0v) is 15.4. The van der Waals surface area contributed by atoms with Crippen molar-refractivity contribution in [2.24, 2.45) is 0 Å². The van der Waals surface area contributed by atoms with Gasteiger partial charge in [0.05, 0.1) is 0 Å². The summed E-state index contributed by atoms with van der Waals surface area (Å²) in [5.41, 5.74) is 0.137. The second-order valence-electron chi connectivity index (χ2n) is 6.71. The number of nitrogens with one attached hydrogen (secondary N) is 1. The summed E-state index contributed by atoms with van der Waals surface area (Å²) in [5.74, 6) is -0.537. The van der Waals surface area contributed by atoms with Crippen LogP contribution >= 0.6 is 0 Å². The van der Waals surface area contributed by atoms with Crippen molar-refractivity contribution in [3.63, 3.8) is 0 Å². The first-order valence-corrected chi connectivity index (χ1v) is 8.82. The molecule has 1 N–H and O–H groups in total. The van der Waals surface area contributed by atoms with E-state index in [-0.39, 0.29) is 24.4 Å². The van der Waals surface area contributed by atoms with Gasteiger partial charge in [0.15, 0.2) is 0 Å². The molecule has 0 aromatic heterocycles. The number of benzene rings is 1. The summed E-state index contributed by atoms with van der Waals surface area (Å²) in [4.78, 5) is 40.4. The van der Waals surface area contributed by atoms with Crippen LogP contribution in [0, 0.1) is 0 Å². The van der Waals surface area contributed by atoms with Gasteiger partial charge in [0, 0.05) is 12.6 Å². The first-order chi connectivity index (χ1) is 11.8. The molecule has 0 spiro atoms. The molecular weight excluding hydrogens is 318 g/mol. The second kappa shape index (κ2) is 7.68. The highest BCUT2D eigenvalue weighted by molar-refractivity contribution is 6.09. The van der Waals surface area contributed by atoms with E-state index in [1.807, 2.05) is 58.0 Å². The molecule has 25 heavy (non-hydrogen) atoms. The van der Waals surface area contributed by atoms with Crippen LogP contribution in [0.2, 0.25) is 0 Å². The van der Waals surface area contributed by atoms with Crippen LogP contribution in [0.3, 0.4) is 0 Å². The van der Waals surface area contributed by atoms with Gasteiger partial charge in [-0.3, -0.25) is 14.5 Å². The smallest absolute Gasteiger partial charge is 0.325 e. The van der Waals surface area contributed by atoms with Gasteiger partial charge in [-0.15, -0.1) is 0 Å². The fraction of sp³-hybridized carbons (Fsp3) is 0.526. The van der Waals surface area contributed by atoms with E-state index in [1.165, 1.54) is 0 Å². The number of hydrogen-bond acceptors (Lipinski definition) is 3. The molecule has 4 amide bonds. The topological polar surface area (TPSA) is 69.7 Å². The Hall–Kier alpha value is -2.37. The van der Waals surface area contributed by atoms with Crippen LogP contribution in [-0.4, -0.2) is 45.8 Å². The Balaban J connectivity index is 2.13. The molecule has 0 unspecified atom stereocenters. The Labute approximate surface area is 149 Å². The standard InChI is InChI=1S/C19H27N3O3/c1-5-19(6-2)17(24)22(18(25)20-19)13-16(23)21(14(3)4)12-15-10-8-7-9-11-15/h7-11,14H,5-6,12-13H2,1-4H3,(H,20,25). The molecule has 0 radical (unpaired) electrons. The van der Waals surface area contributed by atoms with Gasteiger partial charge in [-0.1, -0.05) is 44.2 Å². The summed E-state index contributed by atoms with van der Waals surface area (Å²) in [6, 6.07) is 9.17. The van der Waals surface area contributed by atoms with E-state index in [1.54, 1.807) is 4.90 Å². The van der Waals surface area contributed by atoms with Gasteiger partial charge in [0.2, 0.25) is 5.91 Å². The van der Waals surface area contributed by atoms with Crippen molar-refractivity contribution >= 4 is 17.8 Å². The zero-order chi connectivity index (χ0) is 18.6. The maximum atomic E-state index is 12.8. The van der Waals surface area contributed by atoms with Gasteiger partial charge >= 0.3 is 6.03 Å². The highest BCUT2D eigenvalue weighted by atomic mass is 16.2. The Morgan fingerprint density at radius 1 is 1.16 bits per heavy atom. The minimum Gasteiger partial charge on any atom is -0.334 e. The Bertz CT molecular complexity index is 639. The third-order valence-electron chi connectivity index (χ3n) is 4.89. The molecule has 0 atom stereocenters. The van der Waals surface area contributed by atoms with Gasteiger partial charge in [-0.25, -0.2) is 4.79 Å². The molecule has 1 fully saturated rings. The lowest BCUT2D eigenvalue weighted by Crippen LogP contribution is -2.47. The lowest BCUT2D eigenvalue weighted by molar-refractivity contribution is -0.140. The van der Waals surface area contributed by atoms with Crippen molar-refractivity contribution in [3.8, 4) is 0 Å². The van der Waals surface area contributed by atoms with Crippen molar-refractivity contribution in [1.29, 1.82) is 0 Å². The molecule has 1 aromatic rings. The average molecular weight is 345 g/mol. The molecule has 1 saturated heterocycles. The van der Waals surface area contributed by atoms with Crippen LogP contribution in [0.25, 0.3) is 0 Å². The van der Waals surface area contributed by atoms with E-state index < -0.39 is 11.6 Å². The van der Waals surface area contributed by atoms with Gasteiger partial charge in [0.25, 0.3) is 5.91 Å². The number of urea groups is 1. The van der Waals surface area contributed by atoms with Gasteiger partial charge in [-0.05, 0) is 32.3 Å². The molecule has 0 bridgehead atoms. The summed E-state index contributed by atoms with van der Waals surface area (Å²) < 4.78 is 0. The van der Waals surface area contributed by atoms with Crippen molar-refractivity contribution < 1.29 is 14.4 Å². The largest absolute Gasteiger partial charge is 0.334 e. The molecule has 6 heteroatoms. The third-order valence-corrected chi connectivity index (χ3v) is 4.89.